The fraction of sp³-hybridized carbons (Fsp3) is 0.500. The first-order valence-corrected chi connectivity index (χ1v) is 11.6. The van der Waals surface area contributed by atoms with Crippen LogP contribution in [0.5, 0.6) is 0 Å². The fourth-order valence-corrected chi connectivity index (χ4v) is 4.17. The second-order valence-electron chi connectivity index (χ2n) is 8.67. The van der Waals surface area contributed by atoms with Crippen LogP contribution in [0.15, 0.2) is 34.3 Å². The predicted molar refractivity (Wildman–Crippen MR) is 138 cm³/mol. The number of ether oxygens (including phenoxy) is 2. The quantitative estimate of drug-likeness (QED) is 0.275. The molecule has 4 heteroatoms. The van der Waals surface area contributed by atoms with Gasteiger partial charge in [0.05, 0.1) is 36.0 Å². The van der Waals surface area contributed by atoms with Crippen molar-refractivity contribution in [1.82, 2.24) is 0 Å². The van der Waals surface area contributed by atoms with E-state index in [-0.39, 0.29) is 0 Å². The maximum atomic E-state index is 5.70. The number of hydrogen-bond donors (Lipinski definition) is 0. The van der Waals surface area contributed by atoms with E-state index in [1.807, 2.05) is 0 Å². The summed E-state index contributed by atoms with van der Waals surface area (Å²) in [5.74, 6) is 0. The number of rotatable bonds is 11. The second-order valence-corrected chi connectivity index (χ2v) is 8.67. The number of aliphatic imine (C=N–C) groups is 2. The molecule has 0 unspecified atom stereocenters. The molecule has 2 aromatic carbocycles. The molecule has 0 saturated carbocycles. The molecule has 0 fully saturated rings. The first-order valence-electron chi connectivity index (χ1n) is 11.6. The van der Waals surface area contributed by atoms with Crippen LogP contribution in [0.3, 0.4) is 0 Å². The largest absolute Gasteiger partial charge is 0.382 e. The standard InChI is InChI=1S/C28H40N2O2/c1-9-25(29-27-21(4)15-19(2)16-22(27)5)26(11-10-12-32-14-13-31-8)30-28-23(6)17-20(3)18-24(28)7/h15-18H,9-14H2,1-8H3. The van der Waals surface area contributed by atoms with Gasteiger partial charge in [0.15, 0.2) is 0 Å². The predicted octanol–water partition coefficient (Wildman–Crippen LogP) is 7.24. The molecule has 0 radical (unpaired) electrons. The number of nitrogens with zero attached hydrogens (tertiary/aromatic N) is 2. The summed E-state index contributed by atoms with van der Waals surface area (Å²) in [4.78, 5) is 10.3. The number of methoxy groups -OCH3 is 1. The minimum Gasteiger partial charge on any atom is -0.382 e. The molecule has 0 N–H and O–H groups in total. The monoisotopic (exact) mass is 436 g/mol. The van der Waals surface area contributed by atoms with E-state index in [4.69, 9.17) is 19.5 Å². The van der Waals surface area contributed by atoms with Gasteiger partial charge in [0, 0.05) is 13.7 Å². The molecule has 174 valence electrons. The molecule has 0 atom stereocenters. The summed E-state index contributed by atoms with van der Waals surface area (Å²) in [6.45, 7) is 16.9. The third-order valence-corrected chi connectivity index (χ3v) is 5.57. The Balaban J connectivity index is 2.44. The molecule has 0 aliphatic heterocycles. The van der Waals surface area contributed by atoms with Crippen molar-refractivity contribution < 1.29 is 9.47 Å². The summed E-state index contributed by atoms with van der Waals surface area (Å²) in [7, 11) is 1.69. The van der Waals surface area contributed by atoms with Crippen LogP contribution in [-0.4, -0.2) is 38.4 Å². The van der Waals surface area contributed by atoms with Crippen LogP contribution in [0.4, 0.5) is 11.4 Å². The van der Waals surface area contributed by atoms with E-state index in [0.717, 1.165) is 42.1 Å². The molecule has 2 aromatic rings. The normalized spacial score (nSPS) is 12.5. The first-order chi connectivity index (χ1) is 15.3. The van der Waals surface area contributed by atoms with Crippen LogP contribution in [0, 0.1) is 41.5 Å². The molecular formula is C28H40N2O2. The van der Waals surface area contributed by atoms with Gasteiger partial charge < -0.3 is 9.47 Å². The van der Waals surface area contributed by atoms with Crippen LogP contribution in [0.1, 0.15) is 59.6 Å². The van der Waals surface area contributed by atoms with Gasteiger partial charge in [-0.05, 0) is 83.1 Å². The SMILES string of the molecule is CCC(=Nc1c(C)cc(C)cc1C)C(CCCOCCOC)=Nc1c(C)cc(C)cc1C. The molecule has 0 aliphatic rings. The lowest BCUT2D eigenvalue weighted by atomic mass is 10.0. The van der Waals surface area contributed by atoms with Crippen LogP contribution < -0.4 is 0 Å². The van der Waals surface area contributed by atoms with E-state index in [9.17, 15) is 0 Å². The van der Waals surface area contributed by atoms with Crippen molar-refractivity contribution >= 4 is 22.8 Å². The van der Waals surface area contributed by atoms with Gasteiger partial charge in [-0.3, -0.25) is 9.98 Å². The van der Waals surface area contributed by atoms with Crippen molar-refractivity contribution in [2.24, 2.45) is 9.98 Å². The third kappa shape index (κ3) is 7.39. The minimum absolute atomic E-state index is 0.621. The molecule has 0 saturated heterocycles. The van der Waals surface area contributed by atoms with Crippen molar-refractivity contribution in [3.63, 3.8) is 0 Å². The average molecular weight is 437 g/mol. The van der Waals surface area contributed by atoms with Crippen LogP contribution in [0.25, 0.3) is 0 Å². The Morgan fingerprint density at radius 1 is 0.688 bits per heavy atom. The zero-order valence-corrected chi connectivity index (χ0v) is 21.3. The Morgan fingerprint density at radius 2 is 1.16 bits per heavy atom. The summed E-state index contributed by atoms with van der Waals surface area (Å²) >= 11 is 0. The summed E-state index contributed by atoms with van der Waals surface area (Å²) in [6, 6.07) is 8.81. The van der Waals surface area contributed by atoms with E-state index < -0.39 is 0 Å². The van der Waals surface area contributed by atoms with Crippen LogP contribution in [0.2, 0.25) is 0 Å². The number of benzene rings is 2. The Morgan fingerprint density at radius 3 is 1.59 bits per heavy atom. The highest BCUT2D eigenvalue weighted by Crippen LogP contribution is 2.28. The molecule has 0 amide bonds. The molecular weight excluding hydrogens is 396 g/mol. The lowest BCUT2D eigenvalue weighted by Gasteiger charge is -2.14. The summed E-state index contributed by atoms with van der Waals surface area (Å²) in [6.07, 6.45) is 2.56. The Kier molecular flexibility index (Phi) is 10.3. The van der Waals surface area contributed by atoms with E-state index in [1.54, 1.807) is 7.11 Å². The summed E-state index contributed by atoms with van der Waals surface area (Å²) in [5.41, 5.74) is 11.6. The zero-order valence-electron chi connectivity index (χ0n) is 21.3. The highest BCUT2D eigenvalue weighted by molar-refractivity contribution is 6.43. The van der Waals surface area contributed by atoms with Gasteiger partial charge in [-0.2, -0.15) is 0 Å². The minimum atomic E-state index is 0.621. The van der Waals surface area contributed by atoms with Gasteiger partial charge in [-0.25, -0.2) is 0 Å². The van der Waals surface area contributed by atoms with Crippen molar-refractivity contribution in [1.29, 1.82) is 0 Å². The molecule has 0 bridgehead atoms. The third-order valence-electron chi connectivity index (χ3n) is 5.57. The van der Waals surface area contributed by atoms with Gasteiger partial charge >= 0.3 is 0 Å². The van der Waals surface area contributed by atoms with Crippen molar-refractivity contribution in [3.05, 3.63) is 57.6 Å². The van der Waals surface area contributed by atoms with Crippen LogP contribution >= 0.6 is 0 Å². The highest BCUT2D eigenvalue weighted by Gasteiger charge is 2.13. The van der Waals surface area contributed by atoms with E-state index in [1.165, 1.54) is 33.4 Å². The summed E-state index contributed by atoms with van der Waals surface area (Å²) in [5, 5.41) is 0. The lowest BCUT2D eigenvalue weighted by Crippen LogP contribution is -2.15. The summed E-state index contributed by atoms with van der Waals surface area (Å²) < 4.78 is 10.8. The molecule has 0 aromatic heterocycles. The number of hydrogen-bond acceptors (Lipinski definition) is 4. The topological polar surface area (TPSA) is 43.2 Å². The van der Waals surface area contributed by atoms with E-state index >= 15 is 0 Å². The zero-order chi connectivity index (χ0) is 23.7. The Bertz CT molecular complexity index is 927. The smallest absolute Gasteiger partial charge is 0.0700 e. The molecule has 0 heterocycles. The van der Waals surface area contributed by atoms with Crippen molar-refractivity contribution in [3.8, 4) is 0 Å². The van der Waals surface area contributed by atoms with Gasteiger partial charge in [-0.1, -0.05) is 42.3 Å². The maximum absolute atomic E-state index is 5.70. The van der Waals surface area contributed by atoms with Gasteiger partial charge in [0.25, 0.3) is 0 Å². The molecule has 2 rings (SSSR count). The van der Waals surface area contributed by atoms with E-state index in [0.29, 0.717) is 19.8 Å². The molecule has 0 aliphatic carbocycles. The maximum Gasteiger partial charge on any atom is 0.0700 e. The Hall–Kier alpha value is -2.30. The molecule has 4 nitrogen and oxygen atoms in total. The van der Waals surface area contributed by atoms with E-state index in [2.05, 4.69) is 72.7 Å². The van der Waals surface area contributed by atoms with Crippen LogP contribution in [-0.2, 0) is 9.47 Å². The Labute approximate surface area is 194 Å². The van der Waals surface area contributed by atoms with Crippen molar-refractivity contribution in [2.45, 2.75) is 67.7 Å². The number of aryl methyl sites for hydroxylation is 6. The van der Waals surface area contributed by atoms with Crippen molar-refractivity contribution in [2.75, 3.05) is 26.9 Å². The average Bonchev–Trinajstić information content (AvgIpc) is 2.71. The highest BCUT2D eigenvalue weighted by atomic mass is 16.5. The van der Waals surface area contributed by atoms with Gasteiger partial charge in [0.2, 0.25) is 0 Å². The second kappa shape index (κ2) is 12.7. The first kappa shape index (κ1) is 26.0. The lowest BCUT2D eigenvalue weighted by molar-refractivity contribution is 0.0701. The molecule has 0 spiro atoms. The fourth-order valence-electron chi connectivity index (χ4n) is 4.17. The molecule has 32 heavy (non-hydrogen) atoms. The van der Waals surface area contributed by atoms with Gasteiger partial charge in [-0.15, -0.1) is 0 Å². The van der Waals surface area contributed by atoms with Gasteiger partial charge in [0.1, 0.15) is 0 Å².